The molecule has 0 bridgehead atoms. The van der Waals surface area contributed by atoms with E-state index in [0.29, 0.717) is 0 Å². The van der Waals surface area contributed by atoms with Crippen molar-refractivity contribution >= 4 is 12.0 Å². The number of carboxylic acids is 1. The topological polar surface area (TPSA) is 81.7 Å². The molecule has 0 aromatic carbocycles. The molecule has 2 saturated carbocycles. The summed E-state index contributed by atoms with van der Waals surface area (Å²) in [7, 11) is 0. The van der Waals surface area contributed by atoms with Crippen molar-refractivity contribution in [2.24, 2.45) is 5.92 Å². The molecule has 2 aliphatic carbocycles. The molecule has 6 nitrogen and oxygen atoms in total. The minimum atomic E-state index is -0.788. The second-order valence-corrected chi connectivity index (χ2v) is 7.33. The first-order chi connectivity index (χ1) is 11.6. The Morgan fingerprint density at radius 3 is 2.50 bits per heavy atom. The number of unbranched alkanes of at least 4 members (excludes halogenated alkanes) is 1. The molecule has 0 radical (unpaired) electrons. The number of likely N-dealkylation sites (N-methyl/N-ethyl adjacent to an activating group) is 1. The van der Waals surface area contributed by atoms with Crippen molar-refractivity contribution in [3.63, 3.8) is 0 Å². The Bertz CT molecular complexity index is 404. The molecule has 6 heteroatoms. The Hall–Kier alpha value is -1.30. The first-order valence-electron chi connectivity index (χ1n) is 9.58. The molecular weight excluding hydrogens is 306 g/mol. The van der Waals surface area contributed by atoms with Gasteiger partial charge in [-0.15, -0.1) is 0 Å². The van der Waals surface area contributed by atoms with Gasteiger partial charge in [0.05, 0.1) is 6.54 Å². The fourth-order valence-corrected chi connectivity index (χ4v) is 3.97. The summed E-state index contributed by atoms with van der Waals surface area (Å²) in [5, 5.41) is 14.8. The van der Waals surface area contributed by atoms with E-state index in [-0.39, 0.29) is 24.7 Å². The van der Waals surface area contributed by atoms with Crippen molar-refractivity contribution in [1.29, 1.82) is 0 Å². The summed E-state index contributed by atoms with van der Waals surface area (Å²) in [5.41, 5.74) is 0. The van der Waals surface area contributed by atoms with E-state index in [1.54, 1.807) is 0 Å². The molecule has 0 atom stereocenters. The molecule has 2 fully saturated rings. The Labute approximate surface area is 145 Å². The Morgan fingerprint density at radius 1 is 1.17 bits per heavy atom. The third-order valence-electron chi connectivity index (χ3n) is 5.51. The second-order valence-electron chi connectivity index (χ2n) is 7.33. The predicted molar refractivity (Wildman–Crippen MR) is 94.0 cm³/mol. The molecule has 0 aliphatic heterocycles. The van der Waals surface area contributed by atoms with E-state index in [1.807, 2.05) is 11.8 Å². The van der Waals surface area contributed by atoms with Crippen LogP contribution in [0.3, 0.4) is 0 Å². The van der Waals surface area contributed by atoms with Crippen LogP contribution in [0, 0.1) is 5.92 Å². The van der Waals surface area contributed by atoms with Crippen molar-refractivity contribution in [3.05, 3.63) is 0 Å². The van der Waals surface area contributed by atoms with Crippen LogP contribution in [0.5, 0.6) is 0 Å². The maximum atomic E-state index is 11.9. The van der Waals surface area contributed by atoms with E-state index in [0.717, 1.165) is 38.3 Å². The summed E-state index contributed by atoms with van der Waals surface area (Å²) in [5.74, 6) is 0.140. The zero-order valence-corrected chi connectivity index (χ0v) is 14.9. The van der Waals surface area contributed by atoms with Gasteiger partial charge in [-0.2, -0.15) is 0 Å². The summed E-state index contributed by atoms with van der Waals surface area (Å²) in [4.78, 5) is 24.6. The fourth-order valence-electron chi connectivity index (χ4n) is 3.97. The normalized spacial score (nSPS) is 23.9. The molecule has 2 rings (SSSR count). The lowest BCUT2D eigenvalue weighted by Gasteiger charge is -2.42. The van der Waals surface area contributed by atoms with Crippen LogP contribution in [0.4, 0.5) is 4.79 Å². The predicted octanol–water partition coefficient (Wildman–Crippen LogP) is 2.58. The van der Waals surface area contributed by atoms with E-state index >= 15 is 0 Å². The van der Waals surface area contributed by atoms with Crippen molar-refractivity contribution in [1.82, 2.24) is 15.5 Å². The highest BCUT2D eigenvalue weighted by Gasteiger charge is 2.34. The number of hydrogen-bond donors (Lipinski definition) is 3. The minimum absolute atomic E-state index is 0.0828. The van der Waals surface area contributed by atoms with Crippen LogP contribution in [0.25, 0.3) is 0 Å². The zero-order chi connectivity index (χ0) is 17.4. The lowest BCUT2D eigenvalue weighted by molar-refractivity contribution is -0.139. The van der Waals surface area contributed by atoms with Crippen molar-refractivity contribution in [2.45, 2.75) is 76.8 Å². The molecule has 0 aromatic rings. The van der Waals surface area contributed by atoms with Gasteiger partial charge in [-0.1, -0.05) is 45.4 Å². The number of rotatable bonds is 10. The van der Waals surface area contributed by atoms with E-state index < -0.39 is 5.97 Å². The first-order valence-corrected chi connectivity index (χ1v) is 9.58. The number of aliphatic carboxylic acids is 1. The third kappa shape index (κ3) is 6.30. The molecule has 0 unspecified atom stereocenters. The molecule has 0 spiro atoms. The molecule has 0 saturated heterocycles. The number of carbonyl (C=O) groups excluding carboxylic acids is 1. The van der Waals surface area contributed by atoms with Gasteiger partial charge >= 0.3 is 12.0 Å². The van der Waals surface area contributed by atoms with Crippen LogP contribution < -0.4 is 10.6 Å². The molecule has 0 aromatic heterocycles. The van der Waals surface area contributed by atoms with Crippen LogP contribution >= 0.6 is 0 Å². The third-order valence-corrected chi connectivity index (χ3v) is 5.51. The Kier molecular flexibility index (Phi) is 7.82. The standard InChI is InChI=1S/C18H33N3O3/c1-2-21(13-17(22)23)16-11-15(12-16)20-18(24)19-10-6-5-9-14-7-3-4-8-14/h14-16H,2-13H2,1H3,(H,22,23)(H2,19,20,24). The summed E-state index contributed by atoms with van der Waals surface area (Å²) >= 11 is 0. The van der Waals surface area contributed by atoms with Gasteiger partial charge in [0, 0.05) is 18.6 Å². The number of amides is 2. The molecule has 3 N–H and O–H groups in total. The van der Waals surface area contributed by atoms with Gasteiger partial charge in [0.15, 0.2) is 0 Å². The first kappa shape index (κ1) is 19.0. The van der Waals surface area contributed by atoms with Gasteiger partial charge in [-0.05, 0) is 31.7 Å². The number of carboxylic acid groups (broad SMARTS) is 1. The van der Waals surface area contributed by atoms with Crippen molar-refractivity contribution in [2.75, 3.05) is 19.6 Å². The smallest absolute Gasteiger partial charge is 0.317 e. The van der Waals surface area contributed by atoms with E-state index in [2.05, 4.69) is 10.6 Å². The summed E-state index contributed by atoms with van der Waals surface area (Å²) in [6.45, 7) is 3.54. The summed E-state index contributed by atoms with van der Waals surface area (Å²) < 4.78 is 0. The van der Waals surface area contributed by atoms with Gasteiger partial charge in [-0.25, -0.2) is 4.79 Å². The van der Waals surface area contributed by atoms with Crippen LogP contribution in [-0.2, 0) is 4.79 Å². The fraction of sp³-hybridized carbons (Fsp3) is 0.889. The second kappa shape index (κ2) is 9.87. The molecule has 0 heterocycles. The van der Waals surface area contributed by atoms with E-state index in [9.17, 15) is 9.59 Å². The zero-order valence-electron chi connectivity index (χ0n) is 14.9. The number of nitrogens with one attached hydrogen (secondary N) is 2. The largest absolute Gasteiger partial charge is 0.480 e. The van der Waals surface area contributed by atoms with E-state index in [4.69, 9.17) is 5.11 Å². The molecular formula is C18H33N3O3. The molecule has 2 aliphatic rings. The SMILES string of the molecule is CCN(CC(=O)O)C1CC(NC(=O)NCCCCC2CCCC2)C1. The average Bonchev–Trinajstić information content (AvgIpc) is 3.01. The quantitative estimate of drug-likeness (QED) is 0.534. The highest BCUT2D eigenvalue weighted by Crippen LogP contribution is 2.28. The Morgan fingerprint density at radius 2 is 1.88 bits per heavy atom. The molecule has 138 valence electrons. The van der Waals surface area contributed by atoms with Crippen molar-refractivity contribution < 1.29 is 14.7 Å². The van der Waals surface area contributed by atoms with Gasteiger partial charge < -0.3 is 15.7 Å². The van der Waals surface area contributed by atoms with Gasteiger partial charge in [-0.3, -0.25) is 9.69 Å². The number of urea groups is 1. The number of carbonyl (C=O) groups is 2. The molecule has 24 heavy (non-hydrogen) atoms. The summed E-state index contributed by atoms with van der Waals surface area (Å²) in [6, 6.07) is 0.375. The van der Waals surface area contributed by atoms with Gasteiger partial charge in [0.2, 0.25) is 0 Å². The lowest BCUT2D eigenvalue weighted by Crippen LogP contribution is -2.56. The van der Waals surface area contributed by atoms with Crippen LogP contribution in [-0.4, -0.2) is 53.7 Å². The van der Waals surface area contributed by atoms with Crippen LogP contribution in [0.2, 0.25) is 0 Å². The average molecular weight is 339 g/mol. The van der Waals surface area contributed by atoms with Gasteiger partial charge in [0.25, 0.3) is 0 Å². The molecule has 2 amide bonds. The van der Waals surface area contributed by atoms with Crippen LogP contribution in [0.1, 0.15) is 64.7 Å². The maximum Gasteiger partial charge on any atom is 0.317 e. The highest BCUT2D eigenvalue weighted by molar-refractivity contribution is 5.74. The summed E-state index contributed by atoms with van der Waals surface area (Å²) in [6.07, 6.45) is 10.8. The number of nitrogens with zero attached hydrogens (tertiary/aromatic N) is 1. The lowest BCUT2D eigenvalue weighted by atomic mass is 9.85. The van der Waals surface area contributed by atoms with Gasteiger partial charge in [0.1, 0.15) is 0 Å². The highest BCUT2D eigenvalue weighted by atomic mass is 16.4. The maximum absolute atomic E-state index is 11.9. The van der Waals surface area contributed by atoms with Crippen molar-refractivity contribution in [3.8, 4) is 0 Å². The minimum Gasteiger partial charge on any atom is -0.480 e. The van der Waals surface area contributed by atoms with Crippen LogP contribution in [0.15, 0.2) is 0 Å². The number of hydrogen-bond acceptors (Lipinski definition) is 3. The Balaban J connectivity index is 1.48. The monoisotopic (exact) mass is 339 g/mol. The van der Waals surface area contributed by atoms with E-state index in [1.165, 1.54) is 38.5 Å².